The maximum atomic E-state index is 13.3. The minimum absolute atomic E-state index is 0.0381. The summed E-state index contributed by atoms with van der Waals surface area (Å²) in [4.78, 5) is 25.7. The average molecular weight is 420 g/mol. The van der Waals surface area contributed by atoms with Crippen LogP contribution in [0.2, 0.25) is 0 Å². The molecule has 0 radical (unpaired) electrons. The number of nitrogens with zero attached hydrogens (tertiary/aromatic N) is 4. The predicted molar refractivity (Wildman–Crippen MR) is 117 cm³/mol. The number of benzene rings is 2. The van der Waals surface area contributed by atoms with E-state index in [1.807, 2.05) is 59.0 Å². The summed E-state index contributed by atoms with van der Waals surface area (Å²) in [6.45, 7) is 1.12. The maximum Gasteiger partial charge on any atom is 0.263 e. The third-order valence-corrected chi connectivity index (χ3v) is 6.60. The third-order valence-electron chi connectivity index (χ3n) is 5.39. The summed E-state index contributed by atoms with van der Waals surface area (Å²) >= 11 is 1.42. The standard InChI is InChI=1S/C22H21N5O2S/c28-19-18(12-6-7-13-23-19)30-22-25-24-21-26(14-15-8-2-1-3-9-15)20(29)16-10-4-5-11-17(16)27(21)22/h1-5,8-11,18H,6-7,12-14H2,(H,23,28). The largest absolute Gasteiger partial charge is 0.355 e. The topological polar surface area (TPSA) is 81.3 Å². The van der Waals surface area contributed by atoms with Crippen LogP contribution in [0.15, 0.2) is 64.5 Å². The maximum absolute atomic E-state index is 13.3. The lowest BCUT2D eigenvalue weighted by molar-refractivity contribution is -0.120. The molecule has 5 rings (SSSR count). The molecule has 1 aliphatic rings. The summed E-state index contributed by atoms with van der Waals surface area (Å²) in [6, 6.07) is 17.3. The van der Waals surface area contributed by atoms with Crippen molar-refractivity contribution in [2.75, 3.05) is 6.54 Å². The molecular weight excluding hydrogens is 398 g/mol. The normalized spacial score (nSPS) is 17.2. The van der Waals surface area contributed by atoms with Crippen LogP contribution in [-0.2, 0) is 11.3 Å². The van der Waals surface area contributed by atoms with Crippen molar-refractivity contribution >= 4 is 34.3 Å². The Morgan fingerprint density at radius 2 is 1.80 bits per heavy atom. The Kier molecular flexibility index (Phi) is 5.00. The summed E-state index contributed by atoms with van der Waals surface area (Å²) in [6.07, 6.45) is 2.78. The van der Waals surface area contributed by atoms with Crippen LogP contribution in [0.25, 0.3) is 16.7 Å². The first-order valence-electron chi connectivity index (χ1n) is 10.1. The summed E-state index contributed by atoms with van der Waals surface area (Å²) in [5.41, 5.74) is 1.67. The Hall–Kier alpha value is -3.13. The van der Waals surface area contributed by atoms with E-state index in [9.17, 15) is 9.59 Å². The van der Waals surface area contributed by atoms with Gasteiger partial charge in [0, 0.05) is 6.54 Å². The van der Waals surface area contributed by atoms with Gasteiger partial charge in [0.1, 0.15) is 0 Å². The summed E-state index contributed by atoms with van der Waals surface area (Å²) < 4.78 is 3.56. The quantitative estimate of drug-likeness (QED) is 0.550. The van der Waals surface area contributed by atoms with E-state index in [1.165, 1.54) is 11.8 Å². The molecule has 8 heteroatoms. The van der Waals surface area contributed by atoms with E-state index < -0.39 is 0 Å². The zero-order valence-electron chi connectivity index (χ0n) is 16.3. The van der Waals surface area contributed by atoms with Gasteiger partial charge in [0.25, 0.3) is 5.56 Å². The zero-order valence-corrected chi connectivity index (χ0v) is 17.1. The van der Waals surface area contributed by atoms with Crippen LogP contribution in [0.1, 0.15) is 24.8 Å². The van der Waals surface area contributed by atoms with Crippen molar-refractivity contribution in [1.82, 2.24) is 24.5 Å². The predicted octanol–water partition coefficient (Wildman–Crippen LogP) is 2.85. The molecule has 1 aliphatic heterocycles. The number of thioether (sulfide) groups is 1. The molecular formula is C22H21N5O2S. The molecule has 1 unspecified atom stereocenters. The van der Waals surface area contributed by atoms with Gasteiger partial charge in [-0.3, -0.25) is 18.6 Å². The number of carbonyl (C=O) groups excluding carboxylic acids is 1. The van der Waals surface area contributed by atoms with Gasteiger partial charge in [-0.1, -0.05) is 60.6 Å². The van der Waals surface area contributed by atoms with Gasteiger partial charge in [0.2, 0.25) is 11.7 Å². The van der Waals surface area contributed by atoms with E-state index in [2.05, 4.69) is 15.5 Å². The van der Waals surface area contributed by atoms with Crippen molar-refractivity contribution in [2.45, 2.75) is 36.2 Å². The Morgan fingerprint density at radius 1 is 1.00 bits per heavy atom. The average Bonchev–Trinajstić information content (AvgIpc) is 3.08. The number of carbonyl (C=O) groups is 1. The number of hydrogen-bond acceptors (Lipinski definition) is 5. The molecule has 30 heavy (non-hydrogen) atoms. The van der Waals surface area contributed by atoms with Gasteiger partial charge in [-0.25, -0.2) is 0 Å². The number of hydrogen-bond donors (Lipinski definition) is 1. The SMILES string of the molecule is O=C1NCCCCC1Sc1nnc2n(Cc3ccccc3)c(=O)c3ccccc3n12. The molecule has 7 nitrogen and oxygen atoms in total. The third kappa shape index (κ3) is 3.37. The molecule has 2 aromatic heterocycles. The minimum atomic E-state index is -0.215. The lowest BCUT2D eigenvalue weighted by Crippen LogP contribution is -2.30. The first-order chi connectivity index (χ1) is 14.7. The van der Waals surface area contributed by atoms with E-state index in [0.717, 1.165) is 36.9 Å². The molecule has 1 N–H and O–H groups in total. The van der Waals surface area contributed by atoms with Crippen molar-refractivity contribution in [3.8, 4) is 0 Å². The summed E-state index contributed by atoms with van der Waals surface area (Å²) in [5.74, 6) is 0.523. The number of fused-ring (bicyclic) bond motifs is 3. The van der Waals surface area contributed by atoms with E-state index in [1.54, 1.807) is 4.57 Å². The van der Waals surface area contributed by atoms with Crippen molar-refractivity contribution in [2.24, 2.45) is 0 Å². The second kappa shape index (κ2) is 7.95. The van der Waals surface area contributed by atoms with Crippen molar-refractivity contribution in [3.05, 3.63) is 70.5 Å². The van der Waals surface area contributed by atoms with Gasteiger partial charge in [-0.05, 0) is 30.5 Å². The fraction of sp³-hybridized carbons (Fsp3) is 0.273. The monoisotopic (exact) mass is 419 g/mol. The molecule has 2 aromatic carbocycles. The first-order valence-corrected chi connectivity index (χ1v) is 11.0. The molecule has 152 valence electrons. The van der Waals surface area contributed by atoms with Crippen LogP contribution in [0, 0.1) is 0 Å². The number of para-hydroxylation sites is 1. The number of rotatable bonds is 4. The van der Waals surface area contributed by atoms with Gasteiger partial charge < -0.3 is 5.32 Å². The number of amides is 1. The Balaban J connectivity index is 1.67. The second-order valence-electron chi connectivity index (χ2n) is 7.41. The number of nitrogens with one attached hydrogen (secondary N) is 1. The van der Waals surface area contributed by atoms with Gasteiger partial charge in [0.15, 0.2) is 5.16 Å². The lowest BCUT2D eigenvalue weighted by atomic mass is 10.2. The highest BCUT2D eigenvalue weighted by Gasteiger charge is 2.25. The number of aromatic nitrogens is 4. The zero-order chi connectivity index (χ0) is 20.5. The minimum Gasteiger partial charge on any atom is -0.355 e. The fourth-order valence-electron chi connectivity index (χ4n) is 3.87. The molecule has 1 amide bonds. The highest BCUT2D eigenvalue weighted by Crippen LogP contribution is 2.29. The molecule has 0 bridgehead atoms. The van der Waals surface area contributed by atoms with Crippen LogP contribution in [0.5, 0.6) is 0 Å². The molecule has 3 heterocycles. The second-order valence-corrected chi connectivity index (χ2v) is 8.58. The molecule has 1 atom stereocenters. The Labute approximate surface area is 177 Å². The van der Waals surface area contributed by atoms with Crippen LogP contribution >= 0.6 is 11.8 Å². The van der Waals surface area contributed by atoms with Crippen molar-refractivity contribution in [3.63, 3.8) is 0 Å². The Bertz CT molecular complexity index is 1280. The van der Waals surface area contributed by atoms with E-state index in [4.69, 9.17) is 0 Å². The molecule has 1 fully saturated rings. The molecule has 4 aromatic rings. The smallest absolute Gasteiger partial charge is 0.263 e. The van der Waals surface area contributed by atoms with Crippen LogP contribution < -0.4 is 10.9 Å². The summed E-state index contributed by atoms with van der Waals surface area (Å²) in [5, 5.41) is 12.7. The Morgan fingerprint density at radius 3 is 2.67 bits per heavy atom. The highest BCUT2D eigenvalue weighted by atomic mass is 32.2. The molecule has 1 saturated heterocycles. The van der Waals surface area contributed by atoms with Crippen LogP contribution in [-0.4, -0.2) is 36.9 Å². The molecule has 0 saturated carbocycles. The van der Waals surface area contributed by atoms with E-state index in [-0.39, 0.29) is 16.7 Å². The molecule has 0 spiro atoms. The van der Waals surface area contributed by atoms with Crippen LogP contribution in [0.3, 0.4) is 0 Å². The van der Waals surface area contributed by atoms with Gasteiger partial charge >= 0.3 is 0 Å². The van der Waals surface area contributed by atoms with Gasteiger partial charge in [0.05, 0.1) is 22.7 Å². The highest BCUT2D eigenvalue weighted by molar-refractivity contribution is 8.00. The van der Waals surface area contributed by atoms with Gasteiger partial charge in [-0.2, -0.15) is 0 Å². The first kappa shape index (κ1) is 18.9. The summed E-state index contributed by atoms with van der Waals surface area (Å²) in [7, 11) is 0. The van der Waals surface area contributed by atoms with Crippen molar-refractivity contribution < 1.29 is 4.79 Å². The van der Waals surface area contributed by atoms with Crippen LogP contribution in [0.4, 0.5) is 0 Å². The van der Waals surface area contributed by atoms with E-state index >= 15 is 0 Å². The van der Waals surface area contributed by atoms with Gasteiger partial charge in [-0.15, -0.1) is 10.2 Å². The molecule has 0 aliphatic carbocycles. The van der Waals surface area contributed by atoms with E-state index in [0.29, 0.717) is 22.9 Å². The fourth-order valence-corrected chi connectivity index (χ4v) is 4.97. The lowest BCUT2D eigenvalue weighted by Gasteiger charge is -2.14. The van der Waals surface area contributed by atoms with Crippen molar-refractivity contribution in [1.29, 1.82) is 0 Å².